The van der Waals surface area contributed by atoms with Gasteiger partial charge in [0.2, 0.25) is 20.0 Å². The van der Waals surface area contributed by atoms with Crippen LogP contribution in [0.3, 0.4) is 0 Å². The van der Waals surface area contributed by atoms with E-state index in [1.807, 2.05) is 0 Å². The largest absolute Gasteiger partial charge is 0.270 e. The van der Waals surface area contributed by atoms with Gasteiger partial charge in [-0.3, -0.25) is 4.31 Å². The maximum absolute atomic E-state index is 12.6. The molecule has 0 saturated carbocycles. The van der Waals surface area contributed by atoms with Crippen LogP contribution in [0.2, 0.25) is 0 Å². The van der Waals surface area contributed by atoms with Crippen LogP contribution in [0.15, 0.2) is 23.1 Å². The van der Waals surface area contributed by atoms with E-state index in [9.17, 15) is 16.8 Å². The highest BCUT2D eigenvalue weighted by atomic mass is 32.2. The topological polar surface area (TPSA) is 74.8 Å². The number of sulfonamides is 2. The molecule has 8 heteroatoms. The van der Waals surface area contributed by atoms with Crippen molar-refractivity contribution < 1.29 is 16.8 Å². The summed E-state index contributed by atoms with van der Waals surface area (Å²) in [6.45, 7) is 6.55. The number of benzene rings is 1. The van der Waals surface area contributed by atoms with Crippen LogP contribution in [0, 0.1) is 6.92 Å². The van der Waals surface area contributed by atoms with E-state index in [4.69, 9.17) is 0 Å². The summed E-state index contributed by atoms with van der Waals surface area (Å²) in [4.78, 5) is 0.236. The molecule has 1 aliphatic heterocycles. The van der Waals surface area contributed by atoms with Crippen LogP contribution in [-0.4, -0.2) is 46.5 Å². The fraction of sp³-hybridized carbons (Fsp3) is 0.600. The van der Waals surface area contributed by atoms with Crippen molar-refractivity contribution in [2.45, 2.75) is 38.5 Å². The van der Waals surface area contributed by atoms with E-state index in [1.165, 1.54) is 14.7 Å². The maximum Gasteiger partial charge on any atom is 0.243 e. The van der Waals surface area contributed by atoms with E-state index in [2.05, 4.69) is 0 Å². The van der Waals surface area contributed by atoms with E-state index >= 15 is 0 Å². The Hall–Kier alpha value is -1.12. The van der Waals surface area contributed by atoms with Gasteiger partial charge in [-0.25, -0.2) is 16.8 Å². The van der Waals surface area contributed by atoms with Crippen LogP contribution in [0.5, 0.6) is 0 Å². The molecule has 1 fully saturated rings. The number of rotatable bonds is 5. The lowest BCUT2D eigenvalue weighted by molar-refractivity contribution is 0.445. The molecule has 6 nitrogen and oxygen atoms in total. The SMILES string of the molecule is CCN(CC)S(=O)(=O)c1ccc(N2CCCCS2(=O)=O)cc1C. The Bertz CT molecular complexity index is 769. The van der Waals surface area contributed by atoms with E-state index in [0.717, 1.165) is 6.42 Å². The van der Waals surface area contributed by atoms with Crippen molar-refractivity contribution in [3.63, 3.8) is 0 Å². The summed E-state index contributed by atoms with van der Waals surface area (Å²) in [7, 11) is -6.84. The average molecular weight is 361 g/mol. The molecule has 130 valence electrons. The van der Waals surface area contributed by atoms with Crippen molar-refractivity contribution in [3.05, 3.63) is 23.8 Å². The first-order valence-corrected chi connectivity index (χ1v) is 10.9. The smallest absolute Gasteiger partial charge is 0.243 e. The first kappa shape index (κ1) is 18.2. The molecule has 2 rings (SSSR count). The van der Waals surface area contributed by atoms with Crippen LogP contribution in [-0.2, 0) is 20.0 Å². The average Bonchev–Trinajstić information content (AvgIpc) is 2.47. The lowest BCUT2D eigenvalue weighted by Crippen LogP contribution is -2.38. The molecule has 0 N–H and O–H groups in total. The lowest BCUT2D eigenvalue weighted by atomic mass is 10.2. The van der Waals surface area contributed by atoms with Crippen LogP contribution in [0.25, 0.3) is 0 Å². The van der Waals surface area contributed by atoms with E-state index in [0.29, 0.717) is 37.3 Å². The number of hydrogen-bond acceptors (Lipinski definition) is 4. The van der Waals surface area contributed by atoms with E-state index in [-0.39, 0.29) is 10.6 Å². The van der Waals surface area contributed by atoms with Crippen LogP contribution < -0.4 is 4.31 Å². The normalized spacial score (nSPS) is 18.3. The minimum Gasteiger partial charge on any atom is -0.270 e. The summed E-state index contributed by atoms with van der Waals surface area (Å²) in [6, 6.07) is 4.76. The van der Waals surface area contributed by atoms with E-state index < -0.39 is 20.0 Å². The zero-order chi connectivity index (χ0) is 17.3. The van der Waals surface area contributed by atoms with Crippen molar-refractivity contribution in [2.75, 3.05) is 29.7 Å². The van der Waals surface area contributed by atoms with Crippen LogP contribution in [0.4, 0.5) is 5.69 Å². The molecule has 0 unspecified atom stereocenters. The Morgan fingerprint density at radius 2 is 1.83 bits per heavy atom. The van der Waals surface area contributed by atoms with Gasteiger partial charge in [0.1, 0.15) is 0 Å². The molecule has 1 saturated heterocycles. The fourth-order valence-corrected chi connectivity index (χ4v) is 6.15. The zero-order valence-corrected chi connectivity index (χ0v) is 15.5. The molecule has 0 radical (unpaired) electrons. The Labute approximate surface area is 139 Å². The zero-order valence-electron chi connectivity index (χ0n) is 13.8. The number of aryl methyl sites for hydroxylation is 1. The Morgan fingerprint density at radius 1 is 1.17 bits per heavy atom. The predicted octanol–water partition coefficient (Wildman–Crippen LogP) is 1.96. The van der Waals surface area contributed by atoms with Gasteiger partial charge >= 0.3 is 0 Å². The van der Waals surface area contributed by atoms with Crippen molar-refractivity contribution in [2.24, 2.45) is 0 Å². The van der Waals surface area contributed by atoms with Gasteiger partial charge < -0.3 is 0 Å². The molecule has 1 aromatic rings. The Morgan fingerprint density at radius 3 is 2.35 bits per heavy atom. The third-order valence-corrected chi connectivity index (χ3v) is 8.20. The molecule has 1 aliphatic rings. The summed E-state index contributed by atoms with van der Waals surface area (Å²) < 4.78 is 52.4. The standard InChI is InChI=1S/C15H24N2O4S2/c1-4-16(5-2)23(20,21)15-9-8-14(12-13(15)3)17-10-6-7-11-22(17,18)19/h8-9,12H,4-7,10-11H2,1-3H3. The van der Waals surface area contributed by atoms with Gasteiger partial charge in [-0.2, -0.15) is 4.31 Å². The summed E-state index contributed by atoms with van der Waals surface area (Å²) >= 11 is 0. The van der Waals surface area contributed by atoms with Gasteiger partial charge in [0, 0.05) is 19.6 Å². The predicted molar refractivity (Wildman–Crippen MR) is 91.7 cm³/mol. The fourth-order valence-electron chi connectivity index (χ4n) is 2.86. The second-order valence-corrected chi connectivity index (χ2v) is 9.55. The van der Waals surface area contributed by atoms with E-state index in [1.54, 1.807) is 32.9 Å². The van der Waals surface area contributed by atoms with Crippen LogP contribution >= 0.6 is 0 Å². The van der Waals surface area contributed by atoms with Crippen molar-refractivity contribution in [1.82, 2.24) is 4.31 Å². The molecule has 1 aromatic carbocycles. The second kappa shape index (κ2) is 6.78. The Kier molecular flexibility index (Phi) is 5.37. The molecule has 0 bridgehead atoms. The molecule has 0 spiro atoms. The summed E-state index contributed by atoms with van der Waals surface area (Å²) in [5.74, 6) is 0.144. The van der Waals surface area contributed by atoms with Crippen molar-refractivity contribution in [3.8, 4) is 0 Å². The van der Waals surface area contributed by atoms with Gasteiger partial charge in [0.05, 0.1) is 16.3 Å². The second-order valence-electron chi connectivity index (χ2n) is 5.63. The molecule has 0 aromatic heterocycles. The quantitative estimate of drug-likeness (QED) is 0.804. The molecular weight excluding hydrogens is 336 g/mol. The third-order valence-electron chi connectivity index (χ3n) is 4.12. The number of hydrogen-bond donors (Lipinski definition) is 0. The molecule has 1 heterocycles. The molecule has 0 amide bonds. The molecule has 0 aliphatic carbocycles. The van der Waals surface area contributed by atoms with Gasteiger partial charge in [0.15, 0.2) is 0 Å². The third kappa shape index (κ3) is 3.54. The number of nitrogens with zero attached hydrogens (tertiary/aromatic N) is 2. The summed E-state index contributed by atoms with van der Waals surface area (Å²) in [6.07, 6.45) is 1.49. The first-order valence-electron chi connectivity index (χ1n) is 7.85. The van der Waals surface area contributed by atoms with Gasteiger partial charge in [-0.15, -0.1) is 0 Å². The highest BCUT2D eigenvalue weighted by Crippen LogP contribution is 2.28. The van der Waals surface area contributed by atoms with Crippen molar-refractivity contribution in [1.29, 1.82) is 0 Å². The first-order chi connectivity index (χ1) is 10.7. The van der Waals surface area contributed by atoms with Gasteiger partial charge in [0.25, 0.3) is 0 Å². The Balaban J connectivity index is 2.42. The van der Waals surface area contributed by atoms with Gasteiger partial charge in [-0.05, 0) is 43.5 Å². The molecule has 23 heavy (non-hydrogen) atoms. The molecule has 0 atom stereocenters. The lowest BCUT2D eigenvalue weighted by Gasteiger charge is -2.29. The van der Waals surface area contributed by atoms with Crippen molar-refractivity contribution >= 4 is 25.7 Å². The number of anilines is 1. The maximum atomic E-state index is 12.6. The minimum absolute atomic E-state index is 0.144. The minimum atomic E-state index is -3.54. The van der Waals surface area contributed by atoms with Crippen LogP contribution in [0.1, 0.15) is 32.3 Å². The summed E-state index contributed by atoms with van der Waals surface area (Å²) in [5, 5.41) is 0. The summed E-state index contributed by atoms with van der Waals surface area (Å²) in [5.41, 5.74) is 1.11. The highest BCUT2D eigenvalue weighted by Gasteiger charge is 2.28. The molecular formula is C15H24N2O4S2. The highest BCUT2D eigenvalue weighted by molar-refractivity contribution is 7.92. The van der Waals surface area contributed by atoms with Gasteiger partial charge in [-0.1, -0.05) is 13.8 Å². The monoisotopic (exact) mass is 360 g/mol.